The molecule has 0 bridgehead atoms. The average molecular weight is 425 g/mol. The van der Waals surface area contributed by atoms with Crippen molar-refractivity contribution in [1.29, 1.82) is 0 Å². The van der Waals surface area contributed by atoms with Gasteiger partial charge in [-0.25, -0.2) is 0 Å². The smallest absolute Gasteiger partial charge is 0.234 e. The molecule has 0 saturated carbocycles. The zero-order valence-electron chi connectivity index (χ0n) is 12.2. The number of likely N-dealkylation sites (tertiary alicyclic amines) is 1. The predicted molar refractivity (Wildman–Crippen MR) is 96.3 cm³/mol. The van der Waals surface area contributed by atoms with Crippen LogP contribution in [0.5, 0.6) is 0 Å². The number of fused-ring (bicyclic) bond motifs is 1. The molecule has 1 aromatic carbocycles. The topological polar surface area (TPSA) is 46.3 Å². The molecule has 0 aliphatic carbocycles. The van der Waals surface area contributed by atoms with Crippen molar-refractivity contribution in [2.45, 2.75) is 18.8 Å². The van der Waals surface area contributed by atoms with Crippen molar-refractivity contribution in [3.05, 3.63) is 33.7 Å². The second-order valence-electron chi connectivity index (χ2n) is 5.74. The number of nitrogens with zero attached hydrogens (tertiary/aromatic N) is 5. The van der Waals surface area contributed by atoms with Crippen molar-refractivity contribution in [3.63, 3.8) is 0 Å². The van der Waals surface area contributed by atoms with E-state index in [1.807, 2.05) is 4.52 Å². The molecule has 0 N–H and O–H groups in total. The van der Waals surface area contributed by atoms with Gasteiger partial charge in [-0.15, -0.1) is 10.2 Å². The summed E-state index contributed by atoms with van der Waals surface area (Å²) in [7, 11) is 2.17. The number of likely N-dealkylation sites (N-methyl/N-ethyl adjacent to an activating group) is 1. The van der Waals surface area contributed by atoms with Gasteiger partial charge in [0, 0.05) is 21.6 Å². The van der Waals surface area contributed by atoms with Crippen LogP contribution in [-0.4, -0.2) is 44.8 Å². The Morgan fingerprint density at radius 3 is 2.95 bits per heavy atom. The molecule has 2 aromatic heterocycles. The van der Waals surface area contributed by atoms with Gasteiger partial charge in [0.2, 0.25) is 4.96 Å². The lowest BCUT2D eigenvalue weighted by molar-refractivity contribution is 0.244. The Hall–Kier alpha value is -1.06. The maximum absolute atomic E-state index is 4.79. The number of hydrogen-bond acceptors (Lipinski definition) is 5. The van der Waals surface area contributed by atoms with Gasteiger partial charge in [-0.1, -0.05) is 29.5 Å². The van der Waals surface area contributed by atoms with Crippen molar-refractivity contribution in [3.8, 4) is 10.6 Å². The van der Waals surface area contributed by atoms with Crippen LogP contribution in [0.25, 0.3) is 15.5 Å². The largest absolute Gasteiger partial charge is 0.306 e. The van der Waals surface area contributed by atoms with Gasteiger partial charge in [0.05, 0.1) is 0 Å². The van der Waals surface area contributed by atoms with E-state index in [4.69, 9.17) is 5.10 Å². The normalized spacial score (nSPS) is 19.8. The standard InChI is InChI=1S/C15H16IN5S/c1-20-8-4-5-10(9-20)13-17-18-15-21(13)19-14(22-15)11-6-2-3-7-12(11)16/h2-3,6-7,10H,4-5,8-9H2,1H3. The van der Waals surface area contributed by atoms with Gasteiger partial charge >= 0.3 is 0 Å². The number of rotatable bonds is 2. The number of halogens is 1. The van der Waals surface area contributed by atoms with Crippen molar-refractivity contribution < 1.29 is 0 Å². The SMILES string of the molecule is CN1CCCC(c2nnc3sc(-c4ccccc4I)nn23)C1. The molecule has 1 saturated heterocycles. The fraction of sp³-hybridized carbons (Fsp3) is 0.400. The number of benzene rings is 1. The Kier molecular flexibility index (Phi) is 3.87. The molecule has 0 amide bonds. The molecule has 1 atom stereocenters. The summed E-state index contributed by atoms with van der Waals surface area (Å²) >= 11 is 3.97. The molecule has 7 heteroatoms. The lowest BCUT2D eigenvalue weighted by Crippen LogP contribution is -2.31. The quantitative estimate of drug-likeness (QED) is 0.592. The van der Waals surface area contributed by atoms with Gasteiger partial charge in [-0.05, 0) is 55.1 Å². The molecular formula is C15H16IN5S. The molecule has 114 valence electrons. The van der Waals surface area contributed by atoms with Crippen LogP contribution in [0.15, 0.2) is 24.3 Å². The highest BCUT2D eigenvalue weighted by Crippen LogP contribution is 2.31. The van der Waals surface area contributed by atoms with E-state index < -0.39 is 0 Å². The number of aromatic nitrogens is 4. The van der Waals surface area contributed by atoms with Gasteiger partial charge in [-0.2, -0.15) is 9.61 Å². The van der Waals surface area contributed by atoms with Crippen molar-refractivity contribution in [2.24, 2.45) is 0 Å². The van der Waals surface area contributed by atoms with Crippen molar-refractivity contribution in [1.82, 2.24) is 24.7 Å². The minimum absolute atomic E-state index is 0.429. The number of piperidine rings is 1. The summed E-state index contributed by atoms with van der Waals surface area (Å²) in [5, 5.41) is 14.6. The minimum atomic E-state index is 0.429. The van der Waals surface area contributed by atoms with Gasteiger partial charge < -0.3 is 4.90 Å². The van der Waals surface area contributed by atoms with E-state index in [1.165, 1.54) is 28.5 Å². The predicted octanol–water partition coefficient (Wildman–Crippen LogP) is 3.27. The fourth-order valence-corrected chi connectivity index (χ4v) is 4.72. The molecular weight excluding hydrogens is 409 g/mol. The highest BCUT2D eigenvalue weighted by molar-refractivity contribution is 14.1. The summed E-state index contributed by atoms with van der Waals surface area (Å²) in [5.74, 6) is 1.44. The summed E-state index contributed by atoms with van der Waals surface area (Å²) in [6.07, 6.45) is 2.38. The fourth-order valence-electron chi connectivity index (χ4n) is 3.01. The first-order valence-electron chi connectivity index (χ1n) is 7.38. The first-order chi connectivity index (χ1) is 10.7. The van der Waals surface area contributed by atoms with Gasteiger partial charge in [0.15, 0.2) is 5.82 Å². The molecule has 1 aliphatic heterocycles. The van der Waals surface area contributed by atoms with Crippen LogP contribution in [0, 0.1) is 3.57 Å². The molecule has 0 radical (unpaired) electrons. The molecule has 4 rings (SSSR count). The maximum atomic E-state index is 4.79. The Bertz CT molecular complexity index is 811. The lowest BCUT2D eigenvalue weighted by Gasteiger charge is -2.28. The third-order valence-electron chi connectivity index (χ3n) is 4.11. The van der Waals surface area contributed by atoms with Gasteiger partial charge in [0.1, 0.15) is 5.01 Å². The number of hydrogen-bond donors (Lipinski definition) is 0. The minimum Gasteiger partial charge on any atom is -0.306 e. The first-order valence-corrected chi connectivity index (χ1v) is 9.27. The van der Waals surface area contributed by atoms with E-state index >= 15 is 0 Å². The summed E-state index contributed by atoms with van der Waals surface area (Å²) in [6, 6.07) is 8.32. The Morgan fingerprint density at radius 1 is 1.27 bits per heavy atom. The summed E-state index contributed by atoms with van der Waals surface area (Å²) in [5.41, 5.74) is 1.17. The highest BCUT2D eigenvalue weighted by Gasteiger charge is 2.25. The average Bonchev–Trinajstić information content (AvgIpc) is 3.07. The van der Waals surface area contributed by atoms with Crippen LogP contribution in [0.4, 0.5) is 0 Å². The summed E-state index contributed by atoms with van der Waals surface area (Å²) < 4.78 is 3.16. The van der Waals surface area contributed by atoms with Crippen molar-refractivity contribution in [2.75, 3.05) is 20.1 Å². The summed E-state index contributed by atoms with van der Waals surface area (Å²) in [4.78, 5) is 3.25. The second kappa shape index (κ2) is 5.86. The Morgan fingerprint density at radius 2 is 2.14 bits per heavy atom. The second-order valence-corrected chi connectivity index (χ2v) is 7.86. The van der Waals surface area contributed by atoms with E-state index in [0.717, 1.165) is 22.3 Å². The van der Waals surface area contributed by atoms with Crippen LogP contribution in [0.3, 0.4) is 0 Å². The lowest BCUT2D eigenvalue weighted by atomic mass is 9.98. The third-order valence-corrected chi connectivity index (χ3v) is 5.98. The molecule has 1 aliphatic rings. The Balaban J connectivity index is 1.75. The van der Waals surface area contributed by atoms with E-state index in [2.05, 4.69) is 69.0 Å². The van der Waals surface area contributed by atoms with Crippen LogP contribution in [0.1, 0.15) is 24.6 Å². The zero-order valence-corrected chi connectivity index (χ0v) is 15.2. The molecule has 3 aromatic rings. The summed E-state index contributed by atoms with van der Waals surface area (Å²) in [6.45, 7) is 2.21. The van der Waals surface area contributed by atoms with Crippen molar-refractivity contribution >= 4 is 38.9 Å². The van der Waals surface area contributed by atoms with Crippen LogP contribution < -0.4 is 0 Å². The molecule has 22 heavy (non-hydrogen) atoms. The van der Waals surface area contributed by atoms with Crippen LogP contribution >= 0.6 is 33.9 Å². The van der Waals surface area contributed by atoms with Crippen LogP contribution in [0.2, 0.25) is 0 Å². The van der Waals surface area contributed by atoms with Crippen LogP contribution in [-0.2, 0) is 0 Å². The monoisotopic (exact) mass is 425 g/mol. The molecule has 0 spiro atoms. The molecule has 1 fully saturated rings. The van der Waals surface area contributed by atoms with E-state index in [1.54, 1.807) is 11.3 Å². The molecule has 3 heterocycles. The Labute approximate surface area is 146 Å². The van der Waals surface area contributed by atoms with Gasteiger partial charge in [0.25, 0.3) is 0 Å². The highest BCUT2D eigenvalue weighted by atomic mass is 127. The molecule has 1 unspecified atom stereocenters. The van der Waals surface area contributed by atoms with Gasteiger partial charge in [-0.3, -0.25) is 0 Å². The van der Waals surface area contributed by atoms with E-state index in [0.29, 0.717) is 5.92 Å². The van der Waals surface area contributed by atoms with E-state index in [-0.39, 0.29) is 0 Å². The third kappa shape index (κ3) is 2.55. The van der Waals surface area contributed by atoms with E-state index in [9.17, 15) is 0 Å². The molecule has 5 nitrogen and oxygen atoms in total. The zero-order chi connectivity index (χ0) is 15.1. The maximum Gasteiger partial charge on any atom is 0.234 e. The first kappa shape index (κ1) is 14.5.